The number of hydrogen-bond acceptors (Lipinski definition) is 0. The van der Waals surface area contributed by atoms with Gasteiger partial charge in [0.1, 0.15) is 0 Å². The molecule has 570 valence electrons. The standard InChI is InChI=1S/3C38H28N2/c1-25-11-21-37-33(23-25)31-7-3-5-9-35(31)39(37)29-17-13-27(14-18-29)28-15-19-30(20-16-28)40-36-10-6-4-8-32(36)34-24-26(2)12-22-38(34)40;1-25-11-21-37-33(23-25)34-24-26(2)12-22-38(34)40(37)30-19-15-28(16-20-30)27-13-17-29(18-14-27)39-35-9-5-3-7-31(35)32-8-4-6-10-36(32)39;1-25-11-21-33-34-22-12-26(2)24-38(34)40(37(33)23-25)30-19-15-28(16-20-30)27-13-17-29(18-14-27)39-35-9-5-3-7-31(35)32-8-4-6-10-36(32)39/h3*3-24H,1-2H3. The topological polar surface area (TPSA) is 29.6 Å². The fourth-order valence-corrected chi connectivity index (χ4v) is 19.0. The minimum atomic E-state index is 1.17. The lowest BCUT2D eigenvalue weighted by Gasteiger charge is -2.11. The number of hydrogen-bond donors (Lipinski definition) is 0. The Bertz CT molecular complexity index is 7770. The highest BCUT2D eigenvalue weighted by molar-refractivity contribution is 6.15. The first-order valence-electron chi connectivity index (χ1n) is 41.6. The molecule has 24 rings (SSSR count). The molecule has 0 fully saturated rings. The van der Waals surface area contributed by atoms with Crippen LogP contribution < -0.4 is 0 Å². The van der Waals surface area contributed by atoms with Crippen molar-refractivity contribution in [3.8, 4) is 67.5 Å². The van der Waals surface area contributed by atoms with Crippen LogP contribution in [0.25, 0.3) is 198 Å². The predicted octanol–water partition coefficient (Wildman–Crippen LogP) is 30.5. The molecule has 0 spiro atoms. The monoisotopic (exact) mass is 1540 g/mol. The van der Waals surface area contributed by atoms with Crippen LogP contribution in [0.3, 0.4) is 0 Å². The third-order valence-electron chi connectivity index (χ3n) is 24.7. The van der Waals surface area contributed by atoms with E-state index in [1.165, 1.54) is 232 Å². The summed E-state index contributed by atoms with van der Waals surface area (Å²) in [5.41, 5.74) is 36.9. The quantitative estimate of drug-likeness (QED) is 0.138. The Kier molecular flexibility index (Phi) is 17.2. The van der Waals surface area contributed by atoms with Crippen LogP contribution in [0.4, 0.5) is 0 Å². The van der Waals surface area contributed by atoms with Gasteiger partial charge in [0.05, 0.1) is 66.2 Å². The Morgan fingerprint density at radius 3 is 0.483 bits per heavy atom. The molecule has 120 heavy (non-hydrogen) atoms. The molecule has 0 amide bonds. The van der Waals surface area contributed by atoms with Gasteiger partial charge >= 0.3 is 0 Å². The van der Waals surface area contributed by atoms with Crippen molar-refractivity contribution in [1.82, 2.24) is 27.4 Å². The van der Waals surface area contributed by atoms with Crippen LogP contribution in [0.15, 0.2) is 400 Å². The molecule has 24 aromatic rings. The first-order valence-corrected chi connectivity index (χ1v) is 41.6. The Morgan fingerprint density at radius 2 is 0.267 bits per heavy atom. The fourth-order valence-electron chi connectivity index (χ4n) is 19.0. The summed E-state index contributed by atoms with van der Waals surface area (Å²) in [4.78, 5) is 0. The van der Waals surface area contributed by atoms with Crippen molar-refractivity contribution >= 4 is 131 Å². The van der Waals surface area contributed by atoms with E-state index in [9.17, 15) is 0 Å². The summed E-state index contributed by atoms with van der Waals surface area (Å²) in [6, 6.07) is 146. The lowest BCUT2D eigenvalue weighted by molar-refractivity contribution is 1.17. The molecule has 0 bridgehead atoms. The van der Waals surface area contributed by atoms with E-state index in [0.29, 0.717) is 0 Å². The number of fused-ring (bicyclic) bond motifs is 18. The smallest absolute Gasteiger partial charge is 0.0543 e. The highest BCUT2D eigenvalue weighted by atomic mass is 15.0. The second-order valence-electron chi connectivity index (χ2n) is 32.5. The van der Waals surface area contributed by atoms with Crippen molar-refractivity contribution < 1.29 is 0 Å². The Balaban J connectivity index is 0.000000108. The number of rotatable bonds is 9. The van der Waals surface area contributed by atoms with E-state index in [0.717, 1.165) is 0 Å². The van der Waals surface area contributed by atoms with Gasteiger partial charge in [-0.05, 0) is 256 Å². The maximum absolute atomic E-state index is 2.40. The van der Waals surface area contributed by atoms with Crippen molar-refractivity contribution in [2.75, 3.05) is 0 Å². The van der Waals surface area contributed by atoms with Gasteiger partial charge in [-0.15, -0.1) is 0 Å². The highest BCUT2D eigenvalue weighted by Crippen LogP contribution is 2.42. The zero-order chi connectivity index (χ0) is 80.4. The SMILES string of the molecule is Cc1ccc2c(c1)c1cc(C)ccc1n2-c1ccc(-c2ccc(-n3c4ccccc4c4ccccc43)cc2)cc1.Cc1ccc2c(c1)c1ccccc1n2-c1ccc(-c2ccc(-n3c4ccccc4c4cc(C)ccc43)cc2)cc1.Cc1ccc2c3ccc(C)cc3n(-c3ccc(-c4ccc(-n5c6ccccc6c6ccccc65)cc4)cc3)c2c1. The Morgan fingerprint density at radius 1 is 0.117 bits per heavy atom. The van der Waals surface area contributed by atoms with Gasteiger partial charge in [-0.1, -0.05) is 253 Å². The van der Waals surface area contributed by atoms with Crippen molar-refractivity contribution in [2.45, 2.75) is 41.5 Å². The van der Waals surface area contributed by atoms with Gasteiger partial charge in [0, 0.05) is 98.8 Å². The number of benzene rings is 18. The van der Waals surface area contributed by atoms with E-state index in [1.54, 1.807) is 0 Å². The highest BCUT2D eigenvalue weighted by Gasteiger charge is 2.21. The fraction of sp³-hybridized carbons (Fsp3) is 0.0526. The van der Waals surface area contributed by atoms with Crippen molar-refractivity contribution in [3.05, 3.63) is 434 Å². The average molecular weight is 1540 g/mol. The van der Waals surface area contributed by atoms with E-state index in [2.05, 4.69) is 469 Å². The molecule has 6 heterocycles. The zero-order valence-corrected chi connectivity index (χ0v) is 67.8. The van der Waals surface area contributed by atoms with Gasteiger partial charge in [-0.2, -0.15) is 0 Å². The summed E-state index contributed by atoms with van der Waals surface area (Å²) in [7, 11) is 0. The normalized spacial score (nSPS) is 11.8. The van der Waals surface area contributed by atoms with Gasteiger partial charge < -0.3 is 27.4 Å². The number of aromatic nitrogens is 6. The summed E-state index contributed by atoms with van der Waals surface area (Å²) in [5, 5.41) is 15.5. The minimum Gasteiger partial charge on any atom is -0.309 e. The van der Waals surface area contributed by atoms with E-state index in [-0.39, 0.29) is 0 Å². The first kappa shape index (κ1) is 71.3. The number of nitrogens with zero attached hydrogens (tertiary/aromatic N) is 6. The molecule has 6 aromatic heterocycles. The number of aryl methyl sites for hydroxylation is 6. The minimum absolute atomic E-state index is 1.17. The van der Waals surface area contributed by atoms with Crippen LogP contribution in [-0.2, 0) is 0 Å². The van der Waals surface area contributed by atoms with Gasteiger partial charge in [0.15, 0.2) is 0 Å². The third kappa shape index (κ3) is 12.1. The summed E-state index contributed by atoms with van der Waals surface area (Å²) in [6.07, 6.45) is 0. The number of para-hydroxylation sites is 6. The molecule has 0 aliphatic carbocycles. The molecule has 0 unspecified atom stereocenters. The van der Waals surface area contributed by atoms with E-state index >= 15 is 0 Å². The molecule has 0 saturated carbocycles. The molecular formula is C114H84N6. The van der Waals surface area contributed by atoms with Crippen LogP contribution in [0.5, 0.6) is 0 Å². The summed E-state index contributed by atoms with van der Waals surface area (Å²) < 4.78 is 14.3. The van der Waals surface area contributed by atoms with Gasteiger partial charge in [-0.25, -0.2) is 0 Å². The molecule has 0 aliphatic heterocycles. The van der Waals surface area contributed by atoms with Crippen LogP contribution in [0.1, 0.15) is 33.4 Å². The molecule has 0 saturated heterocycles. The zero-order valence-electron chi connectivity index (χ0n) is 67.8. The Labute approximate surface area is 696 Å². The van der Waals surface area contributed by atoms with Gasteiger partial charge in [0.25, 0.3) is 0 Å². The molecule has 0 N–H and O–H groups in total. The maximum atomic E-state index is 2.40. The molecular weight excluding hydrogens is 1450 g/mol. The predicted molar refractivity (Wildman–Crippen MR) is 510 cm³/mol. The molecule has 0 atom stereocenters. The Hall–Kier alpha value is -15.2. The first-order chi connectivity index (χ1) is 59.0. The summed E-state index contributed by atoms with van der Waals surface area (Å²) in [5.74, 6) is 0. The van der Waals surface area contributed by atoms with Crippen LogP contribution in [0, 0.1) is 41.5 Å². The van der Waals surface area contributed by atoms with Crippen molar-refractivity contribution in [3.63, 3.8) is 0 Å². The van der Waals surface area contributed by atoms with Crippen LogP contribution in [0.2, 0.25) is 0 Å². The van der Waals surface area contributed by atoms with Crippen LogP contribution in [-0.4, -0.2) is 27.4 Å². The summed E-state index contributed by atoms with van der Waals surface area (Å²) in [6.45, 7) is 13.0. The molecule has 0 aliphatic rings. The average Bonchev–Trinajstić information content (AvgIpc) is 1.62. The van der Waals surface area contributed by atoms with Crippen molar-refractivity contribution in [2.24, 2.45) is 0 Å². The molecule has 0 radical (unpaired) electrons. The molecule has 18 aromatic carbocycles. The van der Waals surface area contributed by atoms with E-state index in [4.69, 9.17) is 0 Å². The van der Waals surface area contributed by atoms with Crippen LogP contribution >= 0.6 is 0 Å². The second-order valence-corrected chi connectivity index (χ2v) is 32.5. The largest absolute Gasteiger partial charge is 0.309 e. The van der Waals surface area contributed by atoms with Gasteiger partial charge in [0.2, 0.25) is 0 Å². The third-order valence-corrected chi connectivity index (χ3v) is 24.7. The van der Waals surface area contributed by atoms with Gasteiger partial charge in [-0.3, -0.25) is 0 Å². The van der Waals surface area contributed by atoms with Crippen molar-refractivity contribution in [1.29, 1.82) is 0 Å². The lowest BCUT2D eigenvalue weighted by Crippen LogP contribution is -1.95. The summed E-state index contributed by atoms with van der Waals surface area (Å²) >= 11 is 0. The van der Waals surface area contributed by atoms with E-state index in [1.807, 2.05) is 0 Å². The molecule has 6 heteroatoms. The second kappa shape index (κ2) is 28.9. The maximum Gasteiger partial charge on any atom is 0.0543 e. The van der Waals surface area contributed by atoms with E-state index < -0.39 is 0 Å². The lowest BCUT2D eigenvalue weighted by atomic mass is 10.0. The molecule has 6 nitrogen and oxygen atoms in total.